The molecule has 0 saturated heterocycles. The molecular weight excluding hydrogens is 226 g/mol. The fourth-order valence-electron chi connectivity index (χ4n) is 1.67. The summed E-state index contributed by atoms with van der Waals surface area (Å²) in [4.78, 5) is 0. The Morgan fingerprint density at radius 1 is 1.44 bits per heavy atom. The molecule has 0 amide bonds. The summed E-state index contributed by atoms with van der Waals surface area (Å²) in [6.07, 6.45) is 2.06. The van der Waals surface area contributed by atoms with Crippen LogP contribution in [-0.4, -0.2) is 22.9 Å². The van der Waals surface area contributed by atoms with Crippen molar-refractivity contribution in [3.05, 3.63) is 28.8 Å². The summed E-state index contributed by atoms with van der Waals surface area (Å²) in [7, 11) is 0. The van der Waals surface area contributed by atoms with Crippen molar-refractivity contribution in [1.82, 2.24) is 5.32 Å². The summed E-state index contributed by atoms with van der Waals surface area (Å²) >= 11 is 5.79. The van der Waals surface area contributed by atoms with Crippen molar-refractivity contribution in [2.75, 3.05) is 6.54 Å². The fraction of sp³-hybridized carbons (Fsp3) is 0.500. The van der Waals surface area contributed by atoms with Crippen LogP contribution in [0.2, 0.25) is 5.02 Å². The molecule has 1 aromatic rings. The number of rotatable bonds is 5. The Balaban J connectivity index is 1.78. The molecule has 1 saturated carbocycles. The van der Waals surface area contributed by atoms with Crippen molar-refractivity contribution in [1.29, 1.82) is 0 Å². The van der Waals surface area contributed by atoms with E-state index in [0.29, 0.717) is 24.0 Å². The lowest BCUT2D eigenvalue weighted by molar-refractivity contribution is 0.148. The molecule has 0 spiro atoms. The maximum Gasteiger partial charge on any atom is 0.134 e. The Bertz CT molecular complexity index is 366. The average Bonchev–Trinajstić information content (AvgIpc) is 3.07. The third kappa shape index (κ3) is 3.11. The minimum absolute atomic E-state index is 0.100. The van der Waals surface area contributed by atoms with Crippen molar-refractivity contribution in [2.24, 2.45) is 5.92 Å². The fourth-order valence-corrected chi connectivity index (χ4v) is 1.88. The SMILES string of the molecule is Oc1ccc(CNCC(O)C2CC2)cc1Cl. The van der Waals surface area contributed by atoms with Crippen LogP contribution >= 0.6 is 11.6 Å². The van der Waals surface area contributed by atoms with Gasteiger partial charge >= 0.3 is 0 Å². The largest absolute Gasteiger partial charge is 0.506 e. The molecule has 4 heteroatoms. The van der Waals surface area contributed by atoms with Crippen LogP contribution in [0.3, 0.4) is 0 Å². The number of aromatic hydroxyl groups is 1. The molecular formula is C12H16ClNO2. The number of benzene rings is 1. The van der Waals surface area contributed by atoms with Crippen LogP contribution < -0.4 is 5.32 Å². The number of aliphatic hydroxyl groups excluding tert-OH is 1. The van der Waals surface area contributed by atoms with Gasteiger partial charge in [0.1, 0.15) is 5.75 Å². The minimum atomic E-state index is -0.229. The van der Waals surface area contributed by atoms with Gasteiger partial charge in [-0.15, -0.1) is 0 Å². The number of aliphatic hydroxyl groups is 1. The second-order valence-electron chi connectivity index (χ2n) is 4.32. The maximum atomic E-state index is 9.64. The monoisotopic (exact) mass is 241 g/mol. The molecule has 3 nitrogen and oxygen atoms in total. The molecule has 1 unspecified atom stereocenters. The van der Waals surface area contributed by atoms with Gasteiger partial charge in [0.15, 0.2) is 0 Å². The van der Waals surface area contributed by atoms with E-state index in [0.717, 1.165) is 18.4 Å². The zero-order valence-electron chi connectivity index (χ0n) is 8.99. The van der Waals surface area contributed by atoms with Crippen molar-refractivity contribution < 1.29 is 10.2 Å². The topological polar surface area (TPSA) is 52.5 Å². The van der Waals surface area contributed by atoms with Gasteiger partial charge in [-0.2, -0.15) is 0 Å². The summed E-state index contributed by atoms with van der Waals surface area (Å²) in [5.41, 5.74) is 1.01. The van der Waals surface area contributed by atoms with Gasteiger partial charge in [0, 0.05) is 13.1 Å². The van der Waals surface area contributed by atoms with E-state index in [9.17, 15) is 10.2 Å². The van der Waals surface area contributed by atoms with Crippen molar-refractivity contribution >= 4 is 11.6 Å². The first-order valence-corrected chi connectivity index (χ1v) is 5.91. The van der Waals surface area contributed by atoms with Crippen LogP contribution in [0.1, 0.15) is 18.4 Å². The van der Waals surface area contributed by atoms with Crippen LogP contribution in [0.4, 0.5) is 0 Å². The summed E-state index contributed by atoms with van der Waals surface area (Å²) in [5, 5.41) is 22.4. The maximum absolute atomic E-state index is 9.64. The Hall–Kier alpha value is -0.770. The molecule has 0 aromatic heterocycles. The summed E-state index contributed by atoms with van der Waals surface area (Å²) in [6, 6.07) is 5.13. The first-order chi connectivity index (χ1) is 7.66. The third-order valence-electron chi connectivity index (χ3n) is 2.86. The van der Waals surface area contributed by atoms with Gasteiger partial charge in [0.25, 0.3) is 0 Å². The van der Waals surface area contributed by atoms with E-state index in [2.05, 4.69) is 5.32 Å². The van der Waals surface area contributed by atoms with E-state index in [1.807, 2.05) is 6.07 Å². The molecule has 1 fully saturated rings. The Kier molecular flexibility index (Phi) is 3.69. The molecule has 0 radical (unpaired) electrons. The highest BCUT2D eigenvalue weighted by Crippen LogP contribution is 2.32. The second-order valence-corrected chi connectivity index (χ2v) is 4.73. The van der Waals surface area contributed by atoms with Crippen LogP contribution in [-0.2, 0) is 6.54 Å². The molecule has 1 aliphatic rings. The molecule has 1 atom stereocenters. The summed E-state index contributed by atoms with van der Waals surface area (Å²) < 4.78 is 0. The van der Waals surface area contributed by atoms with Crippen molar-refractivity contribution in [3.8, 4) is 5.75 Å². The molecule has 16 heavy (non-hydrogen) atoms. The van der Waals surface area contributed by atoms with Crippen molar-refractivity contribution in [3.63, 3.8) is 0 Å². The Labute approximate surface area is 100 Å². The van der Waals surface area contributed by atoms with Gasteiger partial charge in [-0.3, -0.25) is 0 Å². The minimum Gasteiger partial charge on any atom is -0.506 e. The summed E-state index contributed by atoms with van der Waals surface area (Å²) in [5.74, 6) is 0.597. The molecule has 0 heterocycles. The van der Waals surface area contributed by atoms with Crippen LogP contribution in [0, 0.1) is 5.92 Å². The number of phenols is 1. The first kappa shape index (κ1) is 11.7. The number of hydrogen-bond donors (Lipinski definition) is 3. The predicted octanol–water partition coefficient (Wildman–Crippen LogP) is 1.91. The van der Waals surface area contributed by atoms with E-state index < -0.39 is 0 Å². The van der Waals surface area contributed by atoms with E-state index >= 15 is 0 Å². The van der Waals surface area contributed by atoms with E-state index in [1.165, 1.54) is 0 Å². The quantitative estimate of drug-likeness (QED) is 0.738. The molecule has 1 aliphatic carbocycles. The number of hydrogen-bond acceptors (Lipinski definition) is 3. The predicted molar refractivity (Wildman–Crippen MR) is 63.6 cm³/mol. The molecule has 1 aromatic carbocycles. The second kappa shape index (κ2) is 5.04. The number of halogens is 1. The lowest BCUT2D eigenvalue weighted by atomic mass is 10.2. The van der Waals surface area contributed by atoms with Gasteiger partial charge in [-0.25, -0.2) is 0 Å². The highest BCUT2D eigenvalue weighted by Gasteiger charge is 2.28. The van der Waals surface area contributed by atoms with E-state index in [-0.39, 0.29) is 11.9 Å². The lowest BCUT2D eigenvalue weighted by Gasteiger charge is -2.10. The third-order valence-corrected chi connectivity index (χ3v) is 3.16. The molecule has 3 N–H and O–H groups in total. The molecule has 0 aliphatic heterocycles. The standard InChI is InChI=1S/C12H16ClNO2/c13-10-5-8(1-4-11(10)15)6-14-7-12(16)9-2-3-9/h1,4-5,9,12,14-16H,2-3,6-7H2. The van der Waals surface area contributed by atoms with Gasteiger partial charge < -0.3 is 15.5 Å². The molecule has 88 valence electrons. The molecule has 2 rings (SSSR count). The smallest absolute Gasteiger partial charge is 0.134 e. The first-order valence-electron chi connectivity index (χ1n) is 5.53. The normalized spacial score (nSPS) is 17.4. The van der Waals surface area contributed by atoms with Gasteiger partial charge in [0.2, 0.25) is 0 Å². The van der Waals surface area contributed by atoms with Crippen LogP contribution in [0.15, 0.2) is 18.2 Å². The highest BCUT2D eigenvalue weighted by atomic mass is 35.5. The van der Waals surface area contributed by atoms with E-state index in [1.54, 1.807) is 12.1 Å². The Morgan fingerprint density at radius 2 is 2.19 bits per heavy atom. The average molecular weight is 242 g/mol. The van der Waals surface area contributed by atoms with Crippen LogP contribution in [0.5, 0.6) is 5.75 Å². The van der Waals surface area contributed by atoms with E-state index in [4.69, 9.17) is 11.6 Å². The number of nitrogens with one attached hydrogen (secondary N) is 1. The van der Waals surface area contributed by atoms with Gasteiger partial charge in [0.05, 0.1) is 11.1 Å². The number of phenolic OH excluding ortho intramolecular Hbond substituents is 1. The van der Waals surface area contributed by atoms with Gasteiger partial charge in [-0.1, -0.05) is 17.7 Å². The zero-order valence-corrected chi connectivity index (χ0v) is 9.74. The van der Waals surface area contributed by atoms with Crippen LogP contribution in [0.25, 0.3) is 0 Å². The zero-order chi connectivity index (χ0) is 11.5. The van der Waals surface area contributed by atoms with Gasteiger partial charge in [-0.05, 0) is 36.5 Å². The Morgan fingerprint density at radius 3 is 2.81 bits per heavy atom. The lowest BCUT2D eigenvalue weighted by Crippen LogP contribution is -2.27. The summed E-state index contributed by atoms with van der Waals surface area (Å²) in [6.45, 7) is 1.27. The van der Waals surface area contributed by atoms with Crippen molar-refractivity contribution in [2.45, 2.75) is 25.5 Å². The highest BCUT2D eigenvalue weighted by molar-refractivity contribution is 6.32. The molecule has 0 bridgehead atoms.